The van der Waals surface area contributed by atoms with Gasteiger partial charge in [-0.1, -0.05) is 0 Å². The third-order valence-corrected chi connectivity index (χ3v) is 5.48. The van der Waals surface area contributed by atoms with E-state index in [4.69, 9.17) is 9.47 Å². The Bertz CT molecular complexity index is 866. The zero-order chi connectivity index (χ0) is 18.8. The molecule has 0 saturated carbocycles. The summed E-state index contributed by atoms with van der Waals surface area (Å²) in [5.41, 5.74) is -1.13. The summed E-state index contributed by atoms with van der Waals surface area (Å²) in [5, 5.41) is 0. The molecule has 1 aromatic heterocycles. The highest BCUT2D eigenvalue weighted by Crippen LogP contribution is 2.29. The maximum atomic E-state index is 12.6. The Morgan fingerprint density at radius 2 is 1.73 bits per heavy atom. The number of aromatic nitrogens is 2. The number of hydrogen-bond acceptors (Lipinski definition) is 6. The molecule has 2 aromatic rings. The summed E-state index contributed by atoms with van der Waals surface area (Å²) in [5.74, 6) is 0.116. The van der Waals surface area contributed by atoms with Gasteiger partial charge in [-0.3, -0.25) is 0 Å². The van der Waals surface area contributed by atoms with Crippen molar-refractivity contribution in [3.8, 4) is 11.8 Å². The van der Waals surface area contributed by atoms with Gasteiger partial charge in [-0.05, 0) is 30.3 Å². The molecule has 0 radical (unpaired) electrons. The zero-order valence-corrected chi connectivity index (χ0v) is 14.1. The van der Waals surface area contributed by atoms with Crippen molar-refractivity contribution in [3.05, 3.63) is 42.2 Å². The molecule has 0 aliphatic carbocycles. The Balaban J connectivity index is 1.76. The molecule has 140 valence electrons. The minimum atomic E-state index is -4.61. The normalized spacial score (nSPS) is 16.4. The van der Waals surface area contributed by atoms with E-state index in [0.717, 1.165) is 12.3 Å². The Labute approximate surface area is 147 Å². The molecule has 0 amide bonds. The van der Waals surface area contributed by atoms with E-state index in [9.17, 15) is 21.6 Å². The van der Waals surface area contributed by atoms with Gasteiger partial charge in [0.2, 0.25) is 10.0 Å². The van der Waals surface area contributed by atoms with Gasteiger partial charge >= 0.3 is 12.2 Å². The Hall–Kier alpha value is -2.24. The van der Waals surface area contributed by atoms with Gasteiger partial charge in [0, 0.05) is 19.3 Å². The van der Waals surface area contributed by atoms with E-state index < -0.39 is 27.9 Å². The van der Waals surface area contributed by atoms with Gasteiger partial charge < -0.3 is 9.47 Å². The molecule has 2 heterocycles. The van der Waals surface area contributed by atoms with Crippen molar-refractivity contribution in [2.75, 3.05) is 26.3 Å². The Kier molecular flexibility index (Phi) is 5.12. The van der Waals surface area contributed by atoms with Crippen LogP contribution in [0.3, 0.4) is 0 Å². The van der Waals surface area contributed by atoms with Gasteiger partial charge in [0.25, 0.3) is 0 Å². The van der Waals surface area contributed by atoms with Crippen LogP contribution in [0.4, 0.5) is 13.2 Å². The number of hydrogen-bond donors (Lipinski definition) is 0. The van der Waals surface area contributed by atoms with E-state index >= 15 is 0 Å². The van der Waals surface area contributed by atoms with Crippen LogP contribution in [0.1, 0.15) is 5.69 Å². The first-order valence-electron chi connectivity index (χ1n) is 7.53. The maximum absolute atomic E-state index is 12.6. The van der Waals surface area contributed by atoms with Crippen LogP contribution in [-0.4, -0.2) is 49.0 Å². The summed E-state index contributed by atoms with van der Waals surface area (Å²) in [4.78, 5) is 6.96. The zero-order valence-electron chi connectivity index (χ0n) is 13.3. The standard InChI is InChI=1S/C15H14F3N3O4S/c16-15(17,18)13-5-6-19-14(20-13)25-11-1-3-12(4-2-11)26(22,23)21-7-9-24-10-8-21/h1-6H,7-10H2. The summed E-state index contributed by atoms with van der Waals surface area (Å²) < 4.78 is 74.5. The third kappa shape index (κ3) is 4.11. The lowest BCUT2D eigenvalue weighted by Gasteiger charge is -2.26. The van der Waals surface area contributed by atoms with Crippen molar-refractivity contribution < 1.29 is 31.1 Å². The number of nitrogens with zero attached hydrogens (tertiary/aromatic N) is 3. The van der Waals surface area contributed by atoms with Gasteiger partial charge in [0.1, 0.15) is 5.75 Å². The van der Waals surface area contributed by atoms with Gasteiger partial charge in [0.05, 0.1) is 18.1 Å². The number of morpholine rings is 1. The fraction of sp³-hybridized carbons (Fsp3) is 0.333. The molecule has 0 spiro atoms. The summed E-state index contributed by atoms with van der Waals surface area (Å²) in [6.07, 6.45) is -3.68. The van der Waals surface area contributed by atoms with E-state index in [1.165, 1.54) is 28.6 Å². The lowest BCUT2D eigenvalue weighted by Crippen LogP contribution is -2.40. The molecule has 1 aliphatic rings. The van der Waals surface area contributed by atoms with Gasteiger partial charge in [-0.2, -0.15) is 22.5 Å². The topological polar surface area (TPSA) is 81.6 Å². The van der Waals surface area contributed by atoms with Crippen molar-refractivity contribution in [3.63, 3.8) is 0 Å². The predicted octanol–water partition coefficient (Wildman–Crippen LogP) is 2.31. The molecule has 1 fully saturated rings. The van der Waals surface area contributed by atoms with Crippen LogP contribution in [0, 0.1) is 0 Å². The van der Waals surface area contributed by atoms with Crippen LogP contribution >= 0.6 is 0 Å². The minimum Gasteiger partial charge on any atom is -0.424 e. The van der Waals surface area contributed by atoms with Crippen LogP contribution in [-0.2, 0) is 20.9 Å². The van der Waals surface area contributed by atoms with Crippen LogP contribution < -0.4 is 4.74 Å². The average molecular weight is 389 g/mol. The first kappa shape index (κ1) is 18.5. The maximum Gasteiger partial charge on any atom is 0.433 e. The molecule has 0 N–H and O–H groups in total. The van der Waals surface area contributed by atoms with Crippen molar-refractivity contribution in [2.45, 2.75) is 11.1 Å². The third-order valence-electron chi connectivity index (χ3n) is 3.56. The second-order valence-corrected chi connectivity index (χ2v) is 7.25. The molecular formula is C15H14F3N3O4S. The highest BCUT2D eigenvalue weighted by Gasteiger charge is 2.33. The molecule has 1 saturated heterocycles. The largest absolute Gasteiger partial charge is 0.433 e. The summed E-state index contributed by atoms with van der Waals surface area (Å²) >= 11 is 0. The summed E-state index contributed by atoms with van der Waals surface area (Å²) in [6, 6.07) is 5.53. The Morgan fingerprint density at radius 1 is 1.08 bits per heavy atom. The second-order valence-electron chi connectivity index (χ2n) is 5.31. The lowest BCUT2D eigenvalue weighted by molar-refractivity contribution is -0.141. The molecule has 0 atom stereocenters. The van der Waals surface area contributed by atoms with Crippen molar-refractivity contribution >= 4 is 10.0 Å². The number of halogens is 3. The quantitative estimate of drug-likeness (QED) is 0.798. The van der Waals surface area contributed by atoms with E-state index in [-0.39, 0.29) is 23.7 Å². The van der Waals surface area contributed by atoms with E-state index in [0.29, 0.717) is 13.2 Å². The molecule has 0 unspecified atom stereocenters. The van der Waals surface area contributed by atoms with E-state index in [1.807, 2.05) is 0 Å². The first-order valence-corrected chi connectivity index (χ1v) is 8.97. The van der Waals surface area contributed by atoms with Crippen molar-refractivity contribution in [1.82, 2.24) is 14.3 Å². The molecular weight excluding hydrogens is 375 g/mol. The lowest BCUT2D eigenvalue weighted by atomic mass is 10.3. The predicted molar refractivity (Wildman–Crippen MR) is 83.1 cm³/mol. The second kappa shape index (κ2) is 7.17. The SMILES string of the molecule is O=S(=O)(c1ccc(Oc2nccc(C(F)(F)F)n2)cc1)N1CCOCC1. The van der Waals surface area contributed by atoms with E-state index in [1.54, 1.807) is 0 Å². The smallest absolute Gasteiger partial charge is 0.424 e. The highest BCUT2D eigenvalue weighted by atomic mass is 32.2. The minimum absolute atomic E-state index is 0.0525. The number of benzene rings is 1. The average Bonchev–Trinajstić information content (AvgIpc) is 2.62. The van der Waals surface area contributed by atoms with E-state index in [2.05, 4.69) is 9.97 Å². The number of alkyl halides is 3. The van der Waals surface area contributed by atoms with Gasteiger partial charge in [-0.25, -0.2) is 13.4 Å². The molecule has 26 heavy (non-hydrogen) atoms. The number of rotatable bonds is 4. The summed E-state index contributed by atoms with van der Waals surface area (Å²) in [6.45, 7) is 1.18. The molecule has 1 aliphatic heterocycles. The van der Waals surface area contributed by atoms with Gasteiger partial charge in [-0.15, -0.1) is 0 Å². The highest BCUT2D eigenvalue weighted by molar-refractivity contribution is 7.89. The molecule has 11 heteroatoms. The number of sulfonamides is 1. The number of ether oxygens (including phenoxy) is 2. The fourth-order valence-electron chi connectivity index (χ4n) is 2.27. The Morgan fingerprint density at radius 3 is 2.35 bits per heavy atom. The molecule has 7 nitrogen and oxygen atoms in total. The van der Waals surface area contributed by atoms with Crippen LogP contribution in [0.2, 0.25) is 0 Å². The van der Waals surface area contributed by atoms with Crippen molar-refractivity contribution in [1.29, 1.82) is 0 Å². The van der Waals surface area contributed by atoms with Gasteiger partial charge in [0.15, 0.2) is 5.69 Å². The molecule has 1 aromatic carbocycles. The van der Waals surface area contributed by atoms with Crippen molar-refractivity contribution in [2.24, 2.45) is 0 Å². The first-order chi connectivity index (χ1) is 12.3. The van der Waals surface area contributed by atoms with Crippen LogP contribution in [0.15, 0.2) is 41.4 Å². The van der Waals surface area contributed by atoms with Crippen LogP contribution in [0.25, 0.3) is 0 Å². The van der Waals surface area contributed by atoms with Crippen LogP contribution in [0.5, 0.6) is 11.8 Å². The summed E-state index contributed by atoms with van der Waals surface area (Å²) in [7, 11) is -3.66. The molecule has 3 rings (SSSR count). The fourth-order valence-corrected chi connectivity index (χ4v) is 3.68. The monoisotopic (exact) mass is 389 g/mol. The molecule has 0 bridgehead atoms.